The maximum absolute atomic E-state index is 3.59. The summed E-state index contributed by atoms with van der Waals surface area (Å²) < 4.78 is 0. The van der Waals surface area contributed by atoms with Crippen molar-refractivity contribution in [1.29, 1.82) is 0 Å². The minimum atomic E-state index is 0.752. The van der Waals surface area contributed by atoms with Crippen LogP contribution in [0, 0.1) is 11.8 Å². The molecule has 1 saturated carbocycles. The van der Waals surface area contributed by atoms with Crippen molar-refractivity contribution >= 4 is 0 Å². The van der Waals surface area contributed by atoms with Crippen molar-refractivity contribution in [3.63, 3.8) is 0 Å². The van der Waals surface area contributed by atoms with E-state index in [1.807, 2.05) is 0 Å². The van der Waals surface area contributed by atoms with Crippen LogP contribution in [0.2, 0.25) is 0 Å². The van der Waals surface area contributed by atoms with E-state index in [1.54, 1.807) is 0 Å². The van der Waals surface area contributed by atoms with Crippen LogP contribution >= 0.6 is 0 Å². The van der Waals surface area contributed by atoms with E-state index < -0.39 is 0 Å². The molecule has 2 heteroatoms. The van der Waals surface area contributed by atoms with E-state index in [1.165, 1.54) is 58.2 Å². The molecule has 0 radical (unpaired) electrons. The highest BCUT2D eigenvalue weighted by Crippen LogP contribution is 2.37. The minimum Gasteiger partial charge on any atom is -0.314 e. The molecule has 0 amide bonds. The Labute approximate surface area is 99.8 Å². The summed E-state index contributed by atoms with van der Waals surface area (Å²) in [7, 11) is 0. The zero-order valence-electron chi connectivity index (χ0n) is 10.6. The fourth-order valence-electron chi connectivity index (χ4n) is 4.19. The molecule has 2 aliphatic heterocycles. The second-order valence-electron chi connectivity index (χ2n) is 6.19. The van der Waals surface area contributed by atoms with Crippen LogP contribution in [-0.2, 0) is 0 Å². The molecule has 1 N–H and O–H groups in total. The summed E-state index contributed by atoms with van der Waals surface area (Å²) in [6.45, 7) is 6.37. The predicted molar refractivity (Wildman–Crippen MR) is 67.5 cm³/mol. The molecular weight excluding hydrogens is 196 g/mol. The number of likely N-dealkylation sites (tertiary alicyclic amines) is 1. The topological polar surface area (TPSA) is 15.3 Å². The first-order valence-corrected chi connectivity index (χ1v) is 7.32. The Hall–Kier alpha value is -0.0800. The highest BCUT2D eigenvalue weighted by molar-refractivity contribution is 4.92. The van der Waals surface area contributed by atoms with E-state index in [2.05, 4.69) is 17.1 Å². The Bertz CT molecular complexity index is 241. The Morgan fingerprint density at radius 3 is 2.81 bits per heavy atom. The summed E-state index contributed by atoms with van der Waals surface area (Å²) in [5.74, 6) is 1.97. The van der Waals surface area contributed by atoms with Gasteiger partial charge in [0.2, 0.25) is 0 Å². The van der Waals surface area contributed by atoms with Gasteiger partial charge in [-0.1, -0.05) is 12.8 Å². The number of nitrogens with one attached hydrogen (secondary N) is 1. The number of hydrogen-bond acceptors (Lipinski definition) is 2. The van der Waals surface area contributed by atoms with Crippen LogP contribution < -0.4 is 5.32 Å². The summed E-state index contributed by atoms with van der Waals surface area (Å²) in [5.41, 5.74) is 0. The molecule has 3 fully saturated rings. The summed E-state index contributed by atoms with van der Waals surface area (Å²) in [5, 5.41) is 3.59. The van der Waals surface area contributed by atoms with E-state index >= 15 is 0 Å². The average molecular weight is 222 g/mol. The Morgan fingerprint density at radius 1 is 1.12 bits per heavy atom. The fourth-order valence-corrected chi connectivity index (χ4v) is 4.19. The third-order valence-electron chi connectivity index (χ3n) is 5.28. The van der Waals surface area contributed by atoms with E-state index in [4.69, 9.17) is 0 Å². The third kappa shape index (κ3) is 2.02. The van der Waals surface area contributed by atoms with Gasteiger partial charge < -0.3 is 5.32 Å². The molecule has 4 unspecified atom stereocenters. The Kier molecular flexibility index (Phi) is 3.21. The Morgan fingerprint density at radius 2 is 2.00 bits per heavy atom. The van der Waals surface area contributed by atoms with Crippen LogP contribution in [0.5, 0.6) is 0 Å². The molecule has 16 heavy (non-hydrogen) atoms. The second kappa shape index (κ2) is 4.66. The molecule has 92 valence electrons. The largest absolute Gasteiger partial charge is 0.314 e. The lowest BCUT2D eigenvalue weighted by Gasteiger charge is -2.33. The molecule has 0 aromatic heterocycles. The number of rotatable bonds is 2. The van der Waals surface area contributed by atoms with E-state index in [-0.39, 0.29) is 0 Å². The first kappa shape index (κ1) is 11.0. The first-order valence-electron chi connectivity index (χ1n) is 7.32. The lowest BCUT2D eigenvalue weighted by Crippen LogP contribution is -2.40. The van der Waals surface area contributed by atoms with Crippen molar-refractivity contribution in [2.75, 3.05) is 19.6 Å². The summed E-state index contributed by atoms with van der Waals surface area (Å²) in [6, 6.07) is 1.71. The third-order valence-corrected chi connectivity index (χ3v) is 5.28. The molecule has 2 heterocycles. The van der Waals surface area contributed by atoms with Gasteiger partial charge in [-0.25, -0.2) is 0 Å². The van der Waals surface area contributed by atoms with E-state index in [0.717, 1.165) is 23.9 Å². The van der Waals surface area contributed by atoms with E-state index in [0.29, 0.717) is 0 Å². The molecule has 0 bridgehead atoms. The van der Waals surface area contributed by atoms with Crippen LogP contribution in [-0.4, -0.2) is 36.6 Å². The van der Waals surface area contributed by atoms with Crippen molar-refractivity contribution in [2.45, 2.75) is 57.5 Å². The van der Waals surface area contributed by atoms with Crippen LogP contribution in [0.3, 0.4) is 0 Å². The van der Waals surface area contributed by atoms with Gasteiger partial charge in [0, 0.05) is 18.6 Å². The van der Waals surface area contributed by atoms with Gasteiger partial charge in [-0.05, 0) is 57.5 Å². The molecule has 0 aromatic rings. The lowest BCUT2D eigenvalue weighted by molar-refractivity contribution is 0.156. The molecule has 0 aromatic carbocycles. The molecular formula is C14H26N2. The van der Waals surface area contributed by atoms with Crippen LogP contribution in [0.4, 0.5) is 0 Å². The molecule has 0 spiro atoms. The van der Waals surface area contributed by atoms with Gasteiger partial charge in [0.1, 0.15) is 0 Å². The zero-order valence-corrected chi connectivity index (χ0v) is 10.6. The number of fused-ring (bicyclic) bond motifs is 1. The van der Waals surface area contributed by atoms with Crippen molar-refractivity contribution in [3.8, 4) is 0 Å². The lowest BCUT2D eigenvalue weighted by atomic mass is 9.85. The molecule has 2 saturated heterocycles. The van der Waals surface area contributed by atoms with Gasteiger partial charge in [0.05, 0.1) is 0 Å². The molecule has 1 aliphatic carbocycles. The van der Waals surface area contributed by atoms with Crippen LogP contribution in [0.1, 0.15) is 45.4 Å². The van der Waals surface area contributed by atoms with Gasteiger partial charge in [-0.15, -0.1) is 0 Å². The summed E-state index contributed by atoms with van der Waals surface area (Å²) >= 11 is 0. The zero-order chi connectivity index (χ0) is 11.0. The minimum absolute atomic E-state index is 0.752. The highest BCUT2D eigenvalue weighted by atomic mass is 15.2. The maximum atomic E-state index is 3.59. The van der Waals surface area contributed by atoms with Crippen molar-refractivity contribution in [3.05, 3.63) is 0 Å². The smallest absolute Gasteiger partial charge is 0.0124 e. The highest BCUT2D eigenvalue weighted by Gasteiger charge is 2.37. The number of nitrogens with zero attached hydrogens (tertiary/aromatic N) is 1. The normalized spacial score (nSPS) is 44.8. The van der Waals surface area contributed by atoms with Crippen molar-refractivity contribution in [2.24, 2.45) is 11.8 Å². The van der Waals surface area contributed by atoms with Gasteiger partial charge in [0.15, 0.2) is 0 Å². The first-order chi connectivity index (χ1) is 7.84. The average Bonchev–Trinajstić information content (AvgIpc) is 2.88. The molecule has 2 nitrogen and oxygen atoms in total. The van der Waals surface area contributed by atoms with Crippen molar-refractivity contribution < 1.29 is 0 Å². The van der Waals surface area contributed by atoms with E-state index in [9.17, 15) is 0 Å². The molecule has 3 rings (SSSR count). The fraction of sp³-hybridized carbons (Fsp3) is 1.00. The van der Waals surface area contributed by atoms with Gasteiger partial charge in [0.25, 0.3) is 0 Å². The van der Waals surface area contributed by atoms with Gasteiger partial charge >= 0.3 is 0 Å². The Balaban J connectivity index is 1.58. The quantitative estimate of drug-likeness (QED) is 0.771. The van der Waals surface area contributed by atoms with Gasteiger partial charge in [-0.3, -0.25) is 4.90 Å². The monoisotopic (exact) mass is 222 g/mol. The maximum Gasteiger partial charge on any atom is 0.0124 e. The van der Waals surface area contributed by atoms with Crippen molar-refractivity contribution in [1.82, 2.24) is 10.2 Å². The standard InChI is InChI=1S/C14H26N2/c1-11-13(6-8-15-11)10-16-9-7-12-4-2-3-5-14(12)16/h11-15H,2-10H2,1H3. The molecule has 4 atom stereocenters. The van der Waals surface area contributed by atoms with Crippen LogP contribution in [0.25, 0.3) is 0 Å². The SMILES string of the molecule is CC1NCCC1CN1CCC2CCCCC21. The number of hydrogen-bond donors (Lipinski definition) is 1. The van der Waals surface area contributed by atoms with Gasteiger partial charge in [-0.2, -0.15) is 0 Å². The summed E-state index contributed by atoms with van der Waals surface area (Å²) in [4.78, 5) is 2.83. The van der Waals surface area contributed by atoms with Crippen LogP contribution in [0.15, 0.2) is 0 Å². The second-order valence-corrected chi connectivity index (χ2v) is 6.19. The predicted octanol–water partition coefficient (Wildman–Crippen LogP) is 2.25. The molecule has 3 aliphatic rings. The summed E-state index contributed by atoms with van der Waals surface area (Å²) in [6.07, 6.45) is 8.86.